The lowest BCUT2D eigenvalue weighted by atomic mass is 10.0. The van der Waals surface area contributed by atoms with Gasteiger partial charge in [-0.15, -0.1) is 0 Å². The maximum Gasteiger partial charge on any atom is 0.148 e. The Labute approximate surface area is 90.1 Å². The van der Waals surface area contributed by atoms with Gasteiger partial charge in [0.2, 0.25) is 0 Å². The van der Waals surface area contributed by atoms with Crippen LogP contribution in [-0.2, 0) is 0 Å². The number of hydrogen-bond acceptors (Lipinski definition) is 2. The lowest BCUT2D eigenvalue weighted by Crippen LogP contribution is -2.42. The highest BCUT2D eigenvalue weighted by Crippen LogP contribution is 2.33. The van der Waals surface area contributed by atoms with E-state index in [1.54, 1.807) is 6.07 Å². The van der Waals surface area contributed by atoms with E-state index in [4.69, 9.17) is 0 Å². The Bertz CT molecular complexity index is 363. The third-order valence-electron chi connectivity index (χ3n) is 2.98. The summed E-state index contributed by atoms with van der Waals surface area (Å²) in [4.78, 5) is 1.99. The highest BCUT2D eigenvalue weighted by Gasteiger charge is 2.25. The number of halogens is 1. The third kappa shape index (κ3) is 1.78. The van der Waals surface area contributed by atoms with E-state index in [9.17, 15) is 4.39 Å². The first-order valence-electron chi connectivity index (χ1n) is 5.36. The van der Waals surface area contributed by atoms with Crippen molar-refractivity contribution in [2.75, 3.05) is 23.8 Å². The molecule has 1 aromatic rings. The first-order valence-corrected chi connectivity index (χ1v) is 5.36. The maximum atomic E-state index is 13.6. The summed E-state index contributed by atoms with van der Waals surface area (Å²) in [5.74, 6) is 0.397. The van der Waals surface area contributed by atoms with Gasteiger partial charge in [-0.25, -0.2) is 4.39 Å². The predicted molar refractivity (Wildman–Crippen MR) is 61.9 cm³/mol. The SMILES string of the molecule is CC(C)C1CN(C)c2c(F)cccc2N1. The molecular weight excluding hydrogens is 191 g/mol. The van der Waals surface area contributed by atoms with Crippen LogP contribution in [0, 0.1) is 11.7 Å². The molecule has 3 heteroatoms. The molecule has 1 heterocycles. The molecule has 1 aliphatic heterocycles. The summed E-state index contributed by atoms with van der Waals surface area (Å²) in [6.07, 6.45) is 0. The largest absolute Gasteiger partial charge is 0.379 e. The van der Waals surface area contributed by atoms with Gasteiger partial charge in [-0.05, 0) is 18.1 Å². The third-order valence-corrected chi connectivity index (χ3v) is 2.98. The van der Waals surface area contributed by atoms with Gasteiger partial charge in [-0.1, -0.05) is 19.9 Å². The van der Waals surface area contributed by atoms with Crippen molar-refractivity contribution >= 4 is 11.4 Å². The molecule has 0 saturated heterocycles. The van der Waals surface area contributed by atoms with Crippen LogP contribution in [0.4, 0.5) is 15.8 Å². The van der Waals surface area contributed by atoms with E-state index in [0.29, 0.717) is 17.6 Å². The van der Waals surface area contributed by atoms with Crippen LogP contribution in [0.25, 0.3) is 0 Å². The number of hydrogen-bond donors (Lipinski definition) is 1. The molecule has 1 N–H and O–H groups in total. The second-order valence-corrected chi connectivity index (χ2v) is 4.51. The molecule has 1 aliphatic rings. The summed E-state index contributed by atoms with van der Waals surface area (Å²) in [5, 5.41) is 3.39. The van der Waals surface area contributed by atoms with Crippen molar-refractivity contribution < 1.29 is 4.39 Å². The molecule has 0 spiro atoms. The van der Waals surface area contributed by atoms with Gasteiger partial charge in [0.15, 0.2) is 0 Å². The quantitative estimate of drug-likeness (QED) is 0.763. The number of rotatable bonds is 1. The number of para-hydroxylation sites is 1. The highest BCUT2D eigenvalue weighted by molar-refractivity contribution is 5.73. The second kappa shape index (κ2) is 3.72. The zero-order valence-corrected chi connectivity index (χ0v) is 9.42. The molecular formula is C12H17FN2. The van der Waals surface area contributed by atoms with Gasteiger partial charge < -0.3 is 10.2 Å². The molecule has 82 valence electrons. The first kappa shape index (κ1) is 10.3. The molecule has 0 saturated carbocycles. The van der Waals surface area contributed by atoms with Gasteiger partial charge in [0.25, 0.3) is 0 Å². The summed E-state index contributed by atoms with van der Waals surface area (Å²) in [6.45, 7) is 5.21. The molecule has 0 fully saturated rings. The van der Waals surface area contributed by atoms with Crippen molar-refractivity contribution in [3.05, 3.63) is 24.0 Å². The maximum absolute atomic E-state index is 13.6. The molecule has 2 rings (SSSR count). The molecule has 0 radical (unpaired) electrons. The van der Waals surface area contributed by atoms with Crippen molar-refractivity contribution in [3.63, 3.8) is 0 Å². The topological polar surface area (TPSA) is 15.3 Å². The van der Waals surface area contributed by atoms with E-state index >= 15 is 0 Å². The van der Waals surface area contributed by atoms with Gasteiger partial charge in [-0.2, -0.15) is 0 Å². The minimum absolute atomic E-state index is 0.148. The summed E-state index contributed by atoms with van der Waals surface area (Å²) in [5.41, 5.74) is 1.59. The van der Waals surface area contributed by atoms with Crippen molar-refractivity contribution in [3.8, 4) is 0 Å². The number of likely N-dealkylation sites (N-methyl/N-ethyl adjacent to an activating group) is 1. The fourth-order valence-electron chi connectivity index (χ4n) is 2.03. The van der Waals surface area contributed by atoms with Gasteiger partial charge in [0.05, 0.1) is 11.4 Å². The Kier molecular flexibility index (Phi) is 2.55. The Balaban J connectivity index is 2.36. The average Bonchev–Trinajstić information content (AvgIpc) is 2.17. The van der Waals surface area contributed by atoms with Crippen molar-refractivity contribution in [1.29, 1.82) is 0 Å². The standard InChI is InChI=1S/C12H17FN2/c1-8(2)11-7-15(3)12-9(13)5-4-6-10(12)14-11/h4-6,8,11,14H,7H2,1-3H3. The van der Waals surface area contributed by atoms with Crippen molar-refractivity contribution in [2.45, 2.75) is 19.9 Å². The summed E-state index contributed by atoms with van der Waals surface area (Å²) in [7, 11) is 1.94. The predicted octanol–water partition coefficient (Wildman–Crippen LogP) is 2.71. The normalized spacial score (nSPS) is 20.1. The minimum Gasteiger partial charge on any atom is -0.379 e. The van der Waals surface area contributed by atoms with Gasteiger partial charge in [0.1, 0.15) is 5.82 Å². The van der Waals surface area contributed by atoms with Gasteiger partial charge in [-0.3, -0.25) is 0 Å². The number of benzene rings is 1. The smallest absolute Gasteiger partial charge is 0.148 e. The lowest BCUT2D eigenvalue weighted by molar-refractivity contribution is 0.508. The zero-order valence-electron chi connectivity index (χ0n) is 9.42. The van der Waals surface area contributed by atoms with Crippen LogP contribution in [0.1, 0.15) is 13.8 Å². The Morgan fingerprint density at radius 3 is 2.87 bits per heavy atom. The minimum atomic E-state index is -0.148. The van der Waals surface area contributed by atoms with Crippen LogP contribution in [0.2, 0.25) is 0 Å². The Morgan fingerprint density at radius 2 is 2.20 bits per heavy atom. The van der Waals surface area contributed by atoms with E-state index in [0.717, 1.165) is 12.2 Å². The first-order chi connectivity index (χ1) is 7.09. The van der Waals surface area contributed by atoms with Crippen LogP contribution < -0.4 is 10.2 Å². The molecule has 1 atom stereocenters. The molecule has 0 aromatic heterocycles. The fraction of sp³-hybridized carbons (Fsp3) is 0.500. The average molecular weight is 208 g/mol. The molecule has 0 amide bonds. The number of anilines is 2. The van der Waals surface area contributed by atoms with Crippen LogP contribution in [0.15, 0.2) is 18.2 Å². The second-order valence-electron chi connectivity index (χ2n) is 4.51. The number of nitrogens with zero attached hydrogens (tertiary/aromatic N) is 1. The lowest BCUT2D eigenvalue weighted by Gasteiger charge is -2.36. The van der Waals surface area contributed by atoms with Crippen molar-refractivity contribution in [2.24, 2.45) is 5.92 Å². The van der Waals surface area contributed by atoms with E-state index < -0.39 is 0 Å². The Hall–Kier alpha value is -1.25. The molecule has 1 unspecified atom stereocenters. The Morgan fingerprint density at radius 1 is 1.47 bits per heavy atom. The monoisotopic (exact) mass is 208 g/mol. The van der Waals surface area contributed by atoms with Crippen LogP contribution in [0.3, 0.4) is 0 Å². The van der Waals surface area contributed by atoms with E-state index in [1.807, 2.05) is 18.0 Å². The fourth-order valence-corrected chi connectivity index (χ4v) is 2.03. The van der Waals surface area contributed by atoms with Crippen LogP contribution in [0.5, 0.6) is 0 Å². The molecule has 0 bridgehead atoms. The molecule has 15 heavy (non-hydrogen) atoms. The van der Waals surface area contributed by atoms with E-state index in [-0.39, 0.29) is 5.82 Å². The number of fused-ring (bicyclic) bond motifs is 1. The summed E-state index contributed by atoms with van der Waals surface area (Å²) >= 11 is 0. The molecule has 2 nitrogen and oxygen atoms in total. The van der Waals surface area contributed by atoms with Crippen molar-refractivity contribution in [1.82, 2.24) is 0 Å². The molecule has 0 aliphatic carbocycles. The van der Waals surface area contributed by atoms with E-state index in [1.165, 1.54) is 6.07 Å². The summed E-state index contributed by atoms with van der Waals surface area (Å²) in [6, 6.07) is 5.58. The number of nitrogens with one attached hydrogen (secondary N) is 1. The van der Waals surface area contributed by atoms with E-state index in [2.05, 4.69) is 19.2 Å². The van der Waals surface area contributed by atoms with Crippen LogP contribution >= 0.6 is 0 Å². The zero-order chi connectivity index (χ0) is 11.0. The highest BCUT2D eigenvalue weighted by atomic mass is 19.1. The van der Waals surface area contributed by atoms with Crippen LogP contribution in [-0.4, -0.2) is 19.6 Å². The summed E-state index contributed by atoms with van der Waals surface area (Å²) < 4.78 is 13.6. The van der Waals surface area contributed by atoms with Gasteiger partial charge >= 0.3 is 0 Å². The van der Waals surface area contributed by atoms with Gasteiger partial charge in [0, 0.05) is 19.6 Å². The molecule has 1 aromatic carbocycles.